The summed E-state index contributed by atoms with van der Waals surface area (Å²) in [6.07, 6.45) is -4.23. The highest BCUT2D eigenvalue weighted by molar-refractivity contribution is 6.06. The number of carbonyl (C=O) groups is 1. The number of aromatic nitrogens is 1. The summed E-state index contributed by atoms with van der Waals surface area (Å²) in [6, 6.07) is 3.40. The SMILES string of the molecule is Cc1cc(C(=O)N2CCC[C@H]2C(F)(F)F)c2ccc(F)cc2n1. The van der Waals surface area contributed by atoms with Crippen LogP contribution in [0.1, 0.15) is 28.9 Å². The number of halogens is 4. The molecule has 1 aliphatic rings. The molecular weight excluding hydrogens is 312 g/mol. The molecule has 0 radical (unpaired) electrons. The summed E-state index contributed by atoms with van der Waals surface area (Å²) in [7, 11) is 0. The molecule has 0 aliphatic carbocycles. The van der Waals surface area contributed by atoms with E-state index in [1.807, 2.05) is 0 Å². The van der Waals surface area contributed by atoms with Crippen LogP contribution in [-0.4, -0.2) is 34.6 Å². The third kappa shape index (κ3) is 2.87. The summed E-state index contributed by atoms with van der Waals surface area (Å²) in [5.41, 5.74) is 0.842. The van der Waals surface area contributed by atoms with E-state index < -0.39 is 23.9 Å². The number of likely N-dealkylation sites (tertiary alicyclic amines) is 1. The van der Waals surface area contributed by atoms with Crippen molar-refractivity contribution in [3.8, 4) is 0 Å². The van der Waals surface area contributed by atoms with E-state index in [0.717, 1.165) is 4.90 Å². The monoisotopic (exact) mass is 326 g/mol. The van der Waals surface area contributed by atoms with Gasteiger partial charge in [-0.1, -0.05) is 0 Å². The number of carbonyl (C=O) groups excluding carboxylic acids is 1. The topological polar surface area (TPSA) is 33.2 Å². The van der Waals surface area contributed by atoms with Gasteiger partial charge in [-0.25, -0.2) is 4.39 Å². The molecule has 1 aliphatic heterocycles. The highest BCUT2D eigenvalue weighted by Gasteiger charge is 2.48. The Labute approximate surface area is 129 Å². The minimum Gasteiger partial charge on any atom is -0.327 e. The number of alkyl halides is 3. The van der Waals surface area contributed by atoms with Crippen molar-refractivity contribution in [1.82, 2.24) is 9.88 Å². The van der Waals surface area contributed by atoms with Crippen molar-refractivity contribution < 1.29 is 22.4 Å². The summed E-state index contributed by atoms with van der Waals surface area (Å²) in [5, 5.41) is 0.356. The smallest absolute Gasteiger partial charge is 0.327 e. The van der Waals surface area contributed by atoms with Gasteiger partial charge in [0.1, 0.15) is 11.9 Å². The number of hydrogen-bond donors (Lipinski definition) is 0. The molecule has 23 heavy (non-hydrogen) atoms. The number of fused-ring (bicyclic) bond motifs is 1. The van der Waals surface area contributed by atoms with E-state index in [0.29, 0.717) is 17.5 Å². The van der Waals surface area contributed by atoms with Gasteiger partial charge in [-0.3, -0.25) is 9.78 Å². The Balaban J connectivity index is 2.07. The van der Waals surface area contributed by atoms with Crippen molar-refractivity contribution >= 4 is 16.8 Å². The van der Waals surface area contributed by atoms with Crippen LogP contribution in [0, 0.1) is 12.7 Å². The van der Waals surface area contributed by atoms with Gasteiger partial charge in [0.15, 0.2) is 0 Å². The molecular formula is C16H14F4N2O. The number of rotatable bonds is 1. The molecule has 1 aromatic heterocycles. The van der Waals surface area contributed by atoms with Gasteiger partial charge >= 0.3 is 6.18 Å². The zero-order valence-corrected chi connectivity index (χ0v) is 12.3. The maximum absolute atomic E-state index is 13.3. The largest absolute Gasteiger partial charge is 0.408 e. The number of aryl methyl sites for hydroxylation is 1. The summed E-state index contributed by atoms with van der Waals surface area (Å²) >= 11 is 0. The zero-order chi connectivity index (χ0) is 16.8. The van der Waals surface area contributed by atoms with Crippen LogP contribution in [0.2, 0.25) is 0 Å². The molecule has 1 aromatic carbocycles. The average molecular weight is 326 g/mol. The first-order valence-electron chi connectivity index (χ1n) is 7.22. The maximum atomic E-state index is 13.3. The third-order valence-corrected chi connectivity index (χ3v) is 4.02. The number of nitrogens with zero attached hydrogens (tertiary/aromatic N) is 2. The Bertz CT molecular complexity index is 767. The van der Waals surface area contributed by atoms with Crippen molar-refractivity contribution in [2.75, 3.05) is 6.54 Å². The van der Waals surface area contributed by atoms with Crippen LogP contribution in [0.4, 0.5) is 17.6 Å². The summed E-state index contributed by atoms with van der Waals surface area (Å²) < 4.78 is 52.6. The minimum absolute atomic E-state index is 0.0626. The molecule has 1 fully saturated rings. The summed E-state index contributed by atoms with van der Waals surface area (Å²) in [6.45, 7) is 1.68. The Morgan fingerprint density at radius 2 is 2.04 bits per heavy atom. The first-order chi connectivity index (χ1) is 10.8. The van der Waals surface area contributed by atoms with Crippen LogP contribution in [0.5, 0.6) is 0 Å². The first-order valence-corrected chi connectivity index (χ1v) is 7.22. The van der Waals surface area contributed by atoms with Gasteiger partial charge in [-0.2, -0.15) is 13.2 Å². The predicted molar refractivity (Wildman–Crippen MR) is 76.6 cm³/mol. The molecule has 0 N–H and O–H groups in total. The molecule has 2 aromatic rings. The molecule has 0 saturated carbocycles. The van der Waals surface area contributed by atoms with E-state index in [2.05, 4.69) is 4.98 Å². The van der Waals surface area contributed by atoms with Crippen LogP contribution in [0.15, 0.2) is 24.3 Å². The molecule has 1 saturated heterocycles. The molecule has 0 spiro atoms. The number of pyridine rings is 1. The van der Waals surface area contributed by atoms with E-state index >= 15 is 0 Å². The van der Waals surface area contributed by atoms with Gasteiger partial charge < -0.3 is 4.90 Å². The number of benzene rings is 1. The molecule has 2 heterocycles. The highest BCUT2D eigenvalue weighted by atomic mass is 19.4. The Morgan fingerprint density at radius 3 is 2.74 bits per heavy atom. The minimum atomic E-state index is -4.45. The Kier molecular flexibility index (Phi) is 3.74. The quantitative estimate of drug-likeness (QED) is 0.746. The van der Waals surface area contributed by atoms with E-state index in [1.54, 1.807) is 6.92 Å². The molecule has 0 bridgehead atoms. The molecule has 0 unspecified atom stereocenters. The first kappa shape index (κ1) is 15.7. The van der Waals surface area contributed by atoms with Gasteiger partial charge in [0, 0.05) is 23.7 Å². The zero-order valence-electron chi connectivity index (χ0n) is 12.3. The second kappa shape index (κ2) is 5.47. The van der Waals surface area contributed by atoms with Crippen LogP contribution in [0.3, 0.4) is 0 Å². The molecule has 3 nitrogen and oxygen atoms in total. The molecule has 3 rings (SSSR count). The fourth-order valence-electron chi connectivity index (χ4n) is 3.02. The molecule has 1 atom stereocenters. The Hall–Kier alpha value is -2.18. The lowest BCUT2D eigenvalue weighted by atomic mass is 10.1. The van der Waals surface area contributed by atoms with Crippen molar-refractivity contribution in [3.05, 3.63) is 41.3 Å². The second-order valence-corrected chi connectivity index (χ2v) is 5.67. The number of amides is 1. The van der Waals surface area contributed by atoms with Crippen molar-refractivity contribution in [1.29, 1.82) is 0 Å². The number of hydrogen-bond acceptors (Lipinski definition) is 2. The van der Waals surface area contributed by atoms with Gasteiger partial charge in [0.05, 0.1) is 11.1 Å². The van der Waals surface area contributed by atoms with Crippen LogP contribution >= 0.6 is 0 Å². The van der Waals surface area contributed by atoms with Crippen molar-refractivity contribution in [2.45, 2.75) is 32.0 Å². The van der Waals surface area contributed by atoms with Crippen LogP contribution in [0.25, 0.3) is 10.9 Å². The van der Waals surface area contributed by atoms with E-state index in [1.165, 1.54) is 24.3 Å². The van der Waals surface area contributed by atoms with E-state index in [4.69, 9.17) is 0 Å². The molecule has 7 heteroatoms. The van der Waals surface area contributed by atoms with E-state index in [9.17, 15) is 22.4 Å². The van der Waals surface area contributed by atoms with Crippen molar-refractivity contribution in [2.24, 2.45) is 0 Å². The lowest BCUT2D eigenvalue weighted by molar-refractivity contribution is -0.169. The van der Waals surface area contributed by atoms with Crippen LogP contribution in [-0.2, 0) is 0 Å². The fraction of sp³-hybridized carbons (Fsp3) is 0.375. The Morgan fingerprint density at radius 1 is 1.30 bits per heavy atom. The van der Waals surface area contributed by atoms with E-state index in [-0.39, 0.29) is 24.0 Å². The van der Waals surface area contributed by atoms with Gasteiger partial charge in [0.2, 0.25) is 0 Å². The lowest BCUT2D eigenvalue weighted by Crippen LogP contribution is -2.44. The van der Waals surface area contributed by atoms with Gasteiger partial charge in [-0.15, -0.1) is 0 Å². The van der Waals surface area contributed by atoms with Gasteiger partial charge in [0.25, 0.3) is 5.91 Å². The standard InChI is InChI=1S/C16H14F4N2O/c1-9-7-12(11-5-4-10(17)8-13(11)21-9)15(23)22-6-2-3-14(22)16(18,19)20/h4-5,7-8,14H,2-3,6H2,1H3/t14-/m0/s1. The summed E-state index contributed by atoms with van der Waals surface area (Å²) in [4.78, 5) is 17.7. The summed E-state index contributed by atoms with van der Waals surface area (Å²) in [5.74, 6) is -1.20. The second-order valence-electron chi connectivity index (χ2n) is 5.67. The van der Waals surface area contributed by atoms with Gasteiger partial charge in [-0.05, 0) is 38.0 Å². The molecule has 122 valence electrons. The normalized spacial score (nSPS) is 18.7. The third-order valence-electron chi connectivity index (χ3n) is 4.02. The van der Waals surface area contributed by atoms with Crippen molar-refractivity contribution in [3.63, 3.8) is 0 Å². The average Bonchev–Trinajstić information content (AvgIpc) is 2.94. The van der Waals surface area contributed by atoms with Crippen LogP contribution < -0.4 is 0 Å². The fourth-order valence-corrected chi connectivity index (χ4v) is 3.02. The highest BCUT2D eigenvalue weighted by Crippen LogP contribution is 2.34. The maximum Gasteiger partial charge on any atom is 0.408 e. The molecule has 1 amide bonds. The predicted octanol–water partition coefficient (Wildman–Crippen LogP) is 3.85. The lowest BCUT2D eigenvalue weighted by Gasteiger charge is -2.27.